The molecule has 0 fully saturated rings. The van der Waals surface area contributed by atoms with Crippen molar-refractivity contribution >= 4 is 11.6 Å². The third-order valence-corrected chi connectivity index (χ3v) is 2.87. The molecule has 2 heterocycles. The van der Waals surface area contributed by atoms with Crippen molar-refractivity contribution in [1.29, 1.82) is 0 Å². The lowest BCUT2D eigenvalue weighted by Crippen LogP contribution is -2.40. The van der Waals surface area contributed by atoms with Crippen LogP contribution < -0.4 is 5.69 Å². The molecular formula is C12H16N4O4. The van der Waals surface area contributed by atoms with Gasteiger partial charge in [0.15, 0.2) is 5.65 Å². The van der Waals surface area contributed by atoms with E-state index in [4.69, 9.17) is 10.2 Å². The Bertz CT molecular complexity index is 642. The van der Waals surface area contributed by atoms with E-state index in [1.54, 1.807) is 24.4 Å². The number of carbonyl (C=O) groups is 1. The van der Waals surface area contributed by atoms with E-state index < -0.39 is 5.69 Å². The van der Waals surface area contributed by atoms with E-state index in [2.05, 4.69) is 5.10 Å². The molecular weight excluding hydrogens is 264 g/mol. The average molecular weight is 280 g/mol. The number of aliphatic hydroxyl groups is 2. The highest BCUT2D eigenvalue weighted by molar-refractivity contribution is 5.75. The molecule has 0 spiro atoms. The van der Waals surface area contributed by atoms with Gasteiger partial charge in [-0.2, -0.15) is 0 Å². The topological polar surface area (TPSA) is 100 Å². The molecule has 0 atom stereocenters. The number of amides is 1. The first-order chi connectivity index (χ1) is 9.67. The van der Waals surface area contributed by atoms with Gasteiger partial charge in [-0.1, -0.05) is 6.07 Å². The second-order valence-electron chi connectivity index (χ2n) is 4.20. The van der Waals surface area contributed by atoms with Gasteiger partial charge in [0, 0.05) is 19.3 Å². The molecule has 0 aliphatic heterocycles. The zero-order valence-electron chi connectivity index (χ0n) is 10.8. The van der Waals surface area contributed by atoms with Crippen molar-refractivity contribution in [3.8, 4) is 0 Å². The van der Waals surface area contributed by atoms with Gasteiger partial charge in [0.25, 0.3) is 0 Å². The maximum atomic E-state index is 12.0. The summed E-state index contributed by atoms with van der Waals surface area (Å²) in [5.41, 5.74) is 0.0584. The molecule has 0 aliphatic rings. The Labute approximate surface area is 114 Å². The van der Waals surface area contributed by atoms with Gasteiger partial charge in [0.1, 0.15) is 6.54 Å². The molecule has 8 nitrogen and oxygen atoms in total. The fourth-order valence-electron chi connectivity index (χ4n) is 1.90. The molecule has 0 aromatic carbocycles. The van der Waals surface area contributed by atoms with Crippen LogP contribution in [0.5, 0.6) is 0 Å². The maximum Gasteiger partial charge on any atom is 0.350 e. The van der Waals surface area contributed by atoms with Gasteiger partial charge in [-0.15, -0.1) is 5.10 Å². The molecule has 2 aromatic heterocycles. The van der Waals surface area contributed by atoms with Gasteiger partial charge in [-0.25, -0.2) is 9.48 Å². The normalized spacial score (nSPS) is 10.9. The number of nitrogens with zero attached hydrogens (tertiary/aromatic N) is 4. The summed E-state index contributed by atoms with van der Waals surface area (Å²) in [6.07, 6.45) is 1.57. The Kier molecular flexibility index (Phi) is 4.49. The first-order valence-electron chi connectivity index (χ1n) is 6.21. The molecule has 0 saturated carbocycles. The standard InChI is InChI=1S/C12H16N4O4/c17-7-5-14(6-8-18)11(19)9-16-12(20)15-4-2-1-3-10(15)13-16/h1-4,17-18H,5-9H2. The molecule has 2 rings (SSSR count). The molecule has 0 unspecified atom stereocenters. The molecule has 0 bridgehead atoms. The summed E-state index contributed by atoms with van der Waals surface area (Å²) in [5.74, 6) is -0.376. The number of pyridine rings is 1. The third-order valence-electron chi connectivity index (χ3n) is 2.87. The maximum absolute atomic E-state index is 12.0. The van der Waals surface area contributed by atoms with Gasteiger partial charge in [-0.3, -0.25) is 9.20 Å². The predicted octanol–water partition coefficient (Wildman–Crippen LogP) is -1.69. The number of carbonyl (C=O) groups excluding carboxylic acids is 1. The van der Waals surface area contributed by atoms with Crippen LogP contribution in [0.2, 0.25) is 0 Å². The molecule has 20 heavy (non-hydrogen) atoms. The van der Waals surface area contributed by atoms with Crippen molar-refractivity contribution in [2.24, 2.45) is 0 Å². The molecule has 2 aromatic rings. The zero-order chi connectivity index (χ0) is 14.5. The van der Waals surface area contributed by atoms with Crippen LogP contribution in [-0.4, -0.2) is 61.5 Å². The first kappa shape index (κ1) is 14.2. The van der Waals surface area contributed by atoms with E-state index in [0.717, 1.165) is 4.68 Å². The van der Waals surface area contributed by atoms with Crippen LogP contribution in [-0.2, 0) is 11.3 Å². The van der Waals surface area contributed by atoms with Crippen LogP contribution in [0.3, 0.4) is 0 Å². The Morgan fingerprint density at radius 2 is 1.95 bits per heavy atom. The van der Waals surface area contributed by atoms with Gasteiger partial charge < -0.3 is 15.1 Å². The summed E-state index contributed by atoms with van der Waals surface area (Å²) < 4.78 is 2.41. The summed E-state index contributed by atoms with van der Waals surface area (Å²) in [6.45, 7) is -0.402. The summed E-state index contributed by atoms with van der Waals surface area (Å²) >= 11 is 0. The first-order valence-corrected chi connectivity index (χ1v) is 6.21. The quantitative estimate of drug-likeness (QED) is 0.657. The predicted molar refractivity (Wildman–Crippen MR) is 70.2 cm³/mol. The molecule has 0 radical (unpaired) electrons. The second-order valence-corrected chi connectivity index (χ2v) is 4.20. The van der Waals surface area contributed by atoms with Crippen LogP contribution >= 0.6 is 0 Å². The number of aromatic nitrogens is 3. The highest BCUT2D eigenvalue weighted by Gasteiger charge is 2.16. The Balaban J connectivity index is 2.20. The largest absolute Gasteiger partial charge is 0.395 e. The van der Waals surface area contributed by atoms with Crippen LogP contribution in [0, 0.1) is 0 Å². The minimum atomic E-state index is -0.401. The molecule has 0 saturated heterocycles. The zero-order valence-corrected chi connectivity index (χ0v) is 10.8. The van der Waals surface area contributed by atoms with E-state index in [9.17, 15) is 9.59 Å². The minimum Gasteiger partial charge on any atom is -0.395 e. The highest BCUT2D eigenvalue weighted by Crippen LogP contribution is 1.97. The fraction of sp³-hybridized carbons (Fsp3) is 0.417. The van der Waals surface area contributed by atoms with Gasteiger partial charge in [0.05, 0.1) is 13.2 Å². The van der Waals surface area contributed by atoms with Crippen molar-refractivity contribution < 1.29 is 15.0 Å². The number of aliphatic hydroxyl groups excluding tert-OH is 2. The van der Waals surface area contributed by atoms with Crippen LogP contribution in [0.4, 0.5) is 0 Å². The fourth-order valence-corrected chi connectivity index (χ4v) is 1.90. The Morgan fingerprint density at radius 3 is 2.55 bits per heavy atom. The summed E-state index contributed by atoms with van der Waals surface area (Å²) in [7, 11) is 0. The molecule has 1 amide bonds. The third kappa shape index (κ3) is 2.86. The lowest BCUT2D eigenvalue weighted by Gasteiger charge is -2.20. The number of rotatable bonds is 6. The Hall–Kier alpha value is -2.19. The molecule has 108 valence electrons. The SMILES string of the molecule is O=C(Cn1nc2ccccn2c1=O)N(CCO)CCO. The van der Waals surface area contributed by atoms with Gasteiger partial charge >= 0.3 is 5.69 Å². The van der Waals surface area contributed by atoms with Gasteiger partial charge in [0.2, 0.25) is 5.91 Å². The van der Waals surface area contributed by atoms with Crippen LogP contribution in [0.1, 0.15) is 0 Å². The lowest BCUT2D eigenvalue weighted by atomic mass is 10.4. The van der Waals surface area contributed by atoms with Crippen LogP contribution in [0.15, 0.2) is 29.2 Å². The number of hydrogen-bond donors (Lipinski definition) is 2. The summed E-state index contributed by atoms with van der Waals surface area (Å²) in [4.78, 5) is 25.3. The molecule has 0 aliphatic carbocycles. The van der Waals surface area contributed by atoms with E-state index in [-0.39, 0.29) is 38.8 Å². The smallest absolute Gasteiger partial charge is 0.350 e. The second kappa shape index (κ2) is 6.31. The van der Waals surface area contributed by atoms with E-state index in [1.165, 1.54) is 9.30 Å². The Morgan fingerprint density at radius 1 is 1.25 bits per heavy atom. The molecule has 2 N–H and O–H groups in total. The van der Waals surface area contributed by atoms with Crippen LogP contribution in [0.25, 0.3) is 5.65 Å². The van der Waals surface area contributed by atoms with Crippen molar-refractivity contribution in [3.05, 3.63) is 34.9 Å². The number of hydrogen-bond acceptors (Lipinski definition) is 5. The lowest BCUT2D eigenvalue weighted by molar-refractivity contribution is -0.133. The molecule has 8 heteroatoms. The van der Waals surface area contributed by atoms with E-state index >= 15 is 0 Å². The van der Waals surface area contributed by atoms with E-state index in [1.807, 2.05) is 0 Å². The van der Waals surface area contributed by atoms with Crippen molar-refractivity contribution in [2.75, 3.05) is 26.3 Å². The van der Waals surface area contributed by atoms with Crippen molar-refractivity contribution in [2.45, 2.75) is 6.54 Å². The van der Waals surface area contributed by atoms with Gasteiger partial charge in [-0.05, 0) is 12.1 Å². The highest BCUT2D eigenvalue weighted by atomic mass is 16.3. The number of fused-ring (bicyclic) bond motifs is 1. The van der Waals surface area contributed by atoms with Crippen molar-refractivity contribution in [1.82, 2.24) is 19.1 Å². The van der Waals surface area contributed by atoms with Crippen molar-refractivity contribution in [3.63, 3.8) is 0 Å². The minimum absolute atomic E-state index is 0.113. The average Bonchev–Trinajstić information content (AvgIpc) is 2.76. The monoisotopic (exact) mass is 280 g/mol. The summed E-state index contributed by atoms with van der Waals surface area (Å²) in [5, 5.41) is 21.8. The summed E-state index contributed by atoms with van der Waals surface area (Å²) in [6, 6.07) is 5.12. The van der Waals surface area contributed by atoms with E-state index in [0.29, 0.717) is 5.65 Å².